The zero-order valence-corrected chi connectivity index (χ0v) is 9.69. The van der Waals surface area contributed by atoms with E-state index >= 15 is 0 Å². The van der Waals surface area contributed by atoms with E-state index in [0.29, 0.717) is 11.9 Å². The van der Waals surface area contributed by atoms with Crippen LogP contribution in [0.2, 0.25) is 0 Å². The van der Waals surface area contributed by atoms with Gasteiger partial charge < -0.3 is 5.43 Å². The van der Waals surface area contributed by atoms with E-state index < -0.39 is 0 Å². The Morgan fingerprint density at radius 1 is 1.50 bits per heavy atom. The zero-order chi connectivity index (χ0) is 11.4. The van der Waals surface area contributed by atoms with Crippen molar-refractivity contribution in [1.29, 1.82) is 0 Å². The van der Waals surface area contributed by atoms with Gasteiger partial charge in [-0.3, -0.25) is 9.67 Å². The van der Waals surface area contributed by atoms with Crippen LogP contribution < -0.4 is 11.3 Å². The molecule has 1 fully saturated rings. The van der Waals surface area contributed by atoms with Crippen molar-refractivity contribution < 1.29 is 0 Å². The topological polar surface area (TPSA) is 68.2 Å². The summed E-state index contributed by atoms with van der Waals surface area (Å²) in [5, 5.41) is 4.29. The second-order valence-corrected chi connectivity index (χ2v) is 4.29. The first kappa shape index (κ1) is 11.1. The fraction of sp³-hybridized carbons (Fsp3) is 0.636. The molecular weight excluding hydrogens is 202 g/mol. The summed E-state index contributed by atoms with van der Waals surface area (Å²) >= 11 is 0. The van der Waals surface area contributed by atoms with Crippen molar-refractivity contribution in [1.82, 2.24) is 15.2 Å². The first-order valence-corrected chi connectivity index (χ1v) is 5.84. The van der Waals surface area contributed by atoms with Crippen molar-refractivity contribution in [2.24, 2.45) is 17.9 Å². The van der Waals surface area contributed by atoms with E-state index in [1.54, 1.807) is 4.68 Å². The molecule has 2 rings (SSSR count). The lowest BCUT2D eigenvalue weighted by Gasteiger charge is -2.18. The van der Waals surface area contributed by atoms with Crippen LogP contribution in [0.5, 0.6) is 0 Å². The minimum absolute atomic E-state index is 0.404. The van der Waals surface area contributed by atoms with Crippen molar-refractivity contribution in [2.75, 3.05) is 0 Å². The lowest BCUT2D eigenvalue weighted by atomic mass is 9.96. The quantitative estimate of drug-likeness (QED) is 0.338. The molecule has 16 heavy (non-hydrogen) atoms. The van der Waals surface area contributed by atoms with Gasteiger partial charge in [-0.2, -0.15) is 5.10 Å². The third kappa shape index (κ3) is 2.61. The third-order valence-corrected chi connectivity index (χ3v) is 2.98. The molecule has 0 unspecified atom stereocenters. The second-order valence-electron chi connectivity index (χ2n) is 4.29. The van der Waals surface area contributed by atoms with Gasteiger partial charge in [-0.25, -0.2) is 5.84 Å². The van der Waals surface area contributed by atoms with E-state index in [1.165, 1.54) is 19.3 Å². The average Bonchev–Trinajstić information content (AvgIpc) is 2.74. The number of amidine groups is 1. The summed E-state index contributed by atoms with van der Waals surface area (Å²) in [5.41, 5.74) is 3.47. The molecule has 0 aromatic carbocycles. The molecule has 3 N–H and O–H groups in total. The Morgan fingerprint density at radius 2 is 2.25 bits per heavy atom. The molecule has 1 aromatic heterocycles. The highest BCUT2D eigenvalue weighted by atomic mass is 15.3. The van der Waals surface area contributed by atoms with E-state index in [1.807, 2.05) is 19.3 Å². The number of aryl methyl sites for hydroxylation is 1. The molecule has 0 bridgehead atoms. The molecule has 88 valence electrons. The first-order valence-electron chi connectivity index (χ1n) is 5.84. The molecule has 5 nitrogen and oxygen atoms in total. The van der Waals surface area contributed by atoms with Crippen molar-refractivity contribution >= 4 is 5.84 Å². The smallest absolute Gasteiger partial charge is 0.163 e. The van der Waals surface area contributed by atoms with Crippen molar-refractivity contribution in [2.45, 2.75) is 38.1 Å². The predicted octanol–water partition coefficient (Wildman–Crippen LogP) is 0.963. The van der Waals surface area contributed by atoms with Crippen LogP contribution in [0.3, 0.4) is 0 Å². The molecule has 1 saturated carbocycles. The summed E-state index contributed by atoms with van der Waals surface area (Å²) in [6.07, 6.45) is 8.10. The van der Waals surface area contributed by atoms with Crippen LogP contribution in [0.15, 0.2) is 17.3 Å². The SMILES string of the molecule is Cn1ccc(C(=NC2CCCCC2)NN)n1. The molecule has 0 aliphatic heterocycles. The van der Waals surface area contributed by atoms with Gasteiger partial charge in [0.25, 0.3) is 0 Å². The van der Waals surface area contributed by atoms with Gasteiger partial charge in [0.2, 0.25) is 0 Å². The van der Waals surface area contributed by atoms with Crippen molar-refractivity contribution in [3.8, 4) is 0 Å². The maximum absolute atomic E-state index is 5.50. The molecule has 5 heteroatoms. The Morgan fingerprint density at radius 3 is 2.81 bits per heavy atom. The summed E-state index contributed by atoms with van der Waals surface area (Å²) in [6.45, 7) is 0. The molecule has 0 radical (unpaired) electrons. The summed E-state index contributed by atoms with van der Waals surface area (Å²) in [6, 6.07) is 2.32. The number of hydrogen-bond donors (Lipinski definition) is 2. The largest absolute Gasteiger partial charge is 0.307 e. The maximum atomic E-state index is 5.50. The fourth-order valence-electron chi connectivity index (χ4n) is 2.11. The number of hydrazine groups is 1. The standard InChI is InChI=1S/C11H19N5/c1-16-8-7-10(15-16)11(14-12)13-9-5-3-2-4-6-9/h7-9H,2-6,12H2,1H3,(H,13,14). The predicted molar refractivity (Wildman–Crippen MR) is 63.9 cm³/mol. The van der Waals surface area contributed by atoms with E-state index in [4.69, 9.17) is 5.84 Å². The highest BCUT2D eigenvalue weighted by Crippen LogP contribution is 2.20. The van der Waals surface area contributed by atoms with Crippen molar-refractivity contribution in [3.05, 3.63) is 18.0 Å². The number of nitrogens with one attached hydrogen (secondary N) is 1. The third-order valence-electron chi connectivity index (χ3n) is 2.98. The van der Waals surface area contributed by atoms with Crippen LogP contribution in [0.4, 0.5) is 0 Å². The lowest BCUT2D eigenvalue weighted by molar-refractivity contribution is 0.442. The average molecular weight is 221 g/mol. The van der Waals surface area contributed by atoms with Gasteiger partial charge in [-0.05, 0) is 18.9 Å². The number of aromatic nitrogens is 2. The van der Waals surface area contributed by atoms with E-state index in [-0.39, 0.29) is 0 Å². The van der Waals surface area contributed by atoms with Gasteiger partial charge in [-0.1, -0.05) is 19.3 Å². The highest BCUT2D eigenvalue weighted by Gasteiger charge is 2.14. The van der Waals surface area contributed by atoms with Gasteiger partial charge in [0.05, 0.1) is 6.04 Å². The summed E-state index contributed by atoms with van der Waals surface area (Å²) in [7, 11) is 1.89. The minimum Gasteiger partial charge on any atom is -0.307 e. The van der Waals surface area contributed by atoms with E-state index in [9.17, 15) is 0 Å². The second kappa shape index (κ2) is 5.12. The fourth-order valence-corrected chi connectivity index (χ4v) is 2.11. The van der Waals surface area contributed by atoms with Crippen LogP contribution in [0.25, 0.3) is 0 Å². The maximum Gasteiger partial charge on any atom is 0.163 e. The van der Waals surface area contributed by atoms with Crippen LogP contribution >= 0.6 is 0 Å². The Kier molecular flexibility index (Phi) is 3.56. The van der Waals surface area contributed by atoms with Gasteiger partial charge in [-0.15, -0.1) is 0 Å². The molecule has 1 heterocycles. The molecule has 0 saturated heterocycles. The number of nitrogens with two attached hydrogens (primary N) is 1. The van der Waals surface area contributed by atoms with Crippen LogP contribution in [-0.2, 0) is 7.05 Å². The highest BCUT2D eigenvalue weighted by molar-refractivity contribution is 5.96. The molecular formula is C11H19N5. The Balaban J connectivity index is 2.11. The zero-order valence-electron chi connectivity index (χ0n) is 9.69. The van der Waals surface area contributed by atoms with Crippen LogP contribution in [-0.4, -0.2) is 21.7 Å². The number of rotatable bonds is 2. The number of hydrogen-bond acceptors (Lipinski definition) is 3. The minimum atomic E-state index is 0.404. The number of nitrogens with zero attached hydrogens (tertiary/aromatic N) is 3. The molecule has 1 aliphatic rings. The van der Waals surface area contributed by atoms with E-state index in [2.05, 4.69) is 15.5 Å². The Labute approximate surface area is 95.7 Å². The summed E-state index contributed by atoms with van der Waals surface area (Å²) in [4.78, 5) is 4.64. The van der Waals surface area contributed by atoms with Gasteiger partial charge in [0, 0.05) is 13.2 Å². The van der Waals surface area contributed by atoms with Gasteiger partial charge >= 0.3 is 0 Å². The molecule has 1 aliphatic carbocycles. The van der Waals surface area contributed by atoms with Crippen LogP contribution in [0.1, 0.15) is 37.8 Å². The summed E-state index contributed by atoms with van der Waals surface area (Å²) < 4.78 is 1.75. The van der Waals surface area contributed by atoms with Gasteiger partial charge in [0.15, 0.2) is 5.84 Å². The molecule has 1 aromatic rings. The Hall–Kier alpha value is -1.36. The monoisotopic (exact) mass is 221 g/mol. The lowest BCUT2D eigenvalue weighted by Crippen LogP contribution is -2.33. The molecule has 0 amide bonds. The normalized spacial score (nSPS) is 18.8. The van der Waals surface area contributed by atoms with E-state index in [0.717, 1.165) is 18.5 Å². The van der Waals surface area contributed by atoms with Crippen LogP contribution in [0, 0.1) is 0 Å². The molecule has 0 spiro atoms. The first-order chi connectivity index (χ1) is 7.79. The Bertz CT molecular complexity index is 362. The van der Waals surface area contributed by atoms with Gasteiger partial charge in [0.1, 0.15) is 5.69 Å². The number of aliphatic imine (C=N–C) groups is 1. The van der Waals surface area contributed by atoms with Crippen molar-refractivity contribution in [3.63, 3.8) is 0 Å². The summed E-state index contributed by atoms with van der Waals surface area (Å²) in [5.74, 6) is 6.20. The molecule has 0 atom stereocenters.